The SMILES string of the molecule is CC(C)c1nc(CC2CCOC2)nc(Cl)c1Br. The number of hydrogen-bond acceptors (Lipinski definition) is 3. The number of rotatable bonds is 3. The minimum atomic E-state index is 0.337. The van der Waals surface area contributed by atoms with Gasteiger partial charge in [0, 0.05) is 19.6 Å². The van der Waals surface area contributed by atoms with Crippen molar-refractivity contribution >= 4 is 27.5 Å². The van der Waals surface area contributed by atoms with Crippen LogP contribution in [0.15, 0.2) is 4.47 Å². The first-order valence-corrected chi connectivity index (χ1v) is 7.04. The van der Waals surface area contributed by atoms with Crippen LogP contribution in [0.2, 0.25) is 5.15 Å². The van der Waals surface area contributed by atoms with Gasteiger partial charge in [-0.05, 0) is 34.2 Å². The molecular weight excluding hydrogens is 304 g/mol. The van der Waals surface area contributed by atoms with Gasteiger partial charge in [0.05, 0.1) is 10.2 Å². The summed E-state index contributed by atoms with van der Waals surface area (Å²) in [6.45, 7) is 5.87. The minimum Gasteiger partial charge on any atom is -0.381 e. The maximum Gasteiger partial charge on any atom is 0.147 e. The van der Waals surface area contributed by atoms with Gasteiger partial charge in [0.1, 0.15) is 11.0 Å². The average Bonchev–Trinajstić information content (AvgIpc) is 2.75. The molecule has 5 heteroatoms. The van der Waals surface area contributed by atoms with Crippen LogP contribution in [0.5, 0.6) is 0 Å². The van der Waals surface area contributed by atoms with E-state index in [9.17, 15) is 0 Å². The van der Waals surface area contributed by atoms with Crippen LogP contribution in [0.1, 0.15) is 37.7 Å². The lowest BCUT2D eigenvalue weighted by molar-refractivity contribution is 0.185. The molecule has 0 aromatic carbocycles. The summed E-state index contributed by atoms with van der Waals surface area (Å²) in [6, 6.07) is 0. The fraction of sp³-hybridized carbons (Fsp3) is 0.667. The predicted molar refractivity (Wildman–Crippen MR) is 71.5 cm³/mol. The number of nitrogens with zero attached hydrogens (tertiary/aromatic N) is 2. The third-order valence-corrected chi connectivity index (χ3v) is 4.21. The van der Waals surface area contributed by atoms with Gasteiger partial charge in [-0.2, -0.15) is 0 Å². The van der Waals surface area contributed by atoms with Crippen molar-refractivity contribution in [1.29, 1.82) is 0 Å². The van der Waals surface area contributed by atoms with E-state index in [1.54, 1.807) is 0 Å². The van der Waals surface area contributed by atoms with Gasteiger partial charge in [0.25, 0.3) is 0 Å². The highest BCUT2D eigenvalue weighted by Gasteiger charge is 2.20. The Morgan fingerprint density at radius 1 is 1.47 bits per heavy atom. The lowest BCUT2D eigenvalue weighted by Gasteiger charge is -2.12. The van der Waals surface area contributed by atoms with E-state index in [4.69, 9.17) is 16.3 Å². The monoisotopic (exact) mass is 318 g/mol. The fourth-order valence-corrected chi connectivity index (χ4v) is 2.79. The van der Waals surface area contributed by atoms with Crippen molar-refractivity contribution in [3.63, 3.8) is 0 Å². The molecule has 0 bridgehead atoms. The number of aromatic nitrogens is 2. The molecule has 1 saturated heterocycles. The van der Waals surface area contributed by atoms with Crippen LogP contribution in [0.25, 0.3) is 0 Å². The van der Waals surface area contributed by atoms with Crippen LogP contribution in [-0.4, -0.2) is 23.2 Å². The van der Waals surface area contributed by atoms with Crippen LogP contribution in [0, 0.1) is 5.92 Å². The Hall–Kier alpha value is -0.190. The molecule has 1 aromatic rings. The van der Waals surface area contributed by atoms with Gasteiger partial charge in [0.2, 0.25) is 0 Å². The lowest BCUT2D eigenvalue weighted by atomic mass is 10.0. The first kappa shape index (κ1) is 13.2. The van der Waals surface area contributed by atoms with Gasteiger partial charge < -0.3 is 4.74 Å². The Morgan fingerprint density at radius 3 is 2.82 bits per heavy atom. The maximum atomic E-state index is 6.12. The molecule has 1 atom stereocenters. The summed E-state index contributed by atoms with van der Waals surface area (Å²) in [7, 11) is 0. The Balaban J connectivity index is 2.22. The molecule has 1 fully saturated rings. The van der Waals surface area contributed by atoms with E-state index in [1.807, 2.05) is 0 Å². The summed E-state index contributed by atoms with van der Waals surface area (Å²) in [6.07, 6.45) is 1.95. The molecule has 3 nitrogen and oxygen atoms in total. The van der Waals surface area contributed by atoms with E-state index < -0.39 is 0 Å². The van der Waals surface area contributed by atoms with Crippen molar-refractivity contribution < 1.29 is 4.74 Å². The molecule has 1 unspecified atom stereocenters. The van der Waals surface area contributed by atoms with Crippen LogP contribution >= 0.6 is 27.5 Å². The van der Waals surface area contributed by atoms with Crippen LogP contribution in [0.4, 0.5) is 0 Å². The zero-order valence-electron chi connectivity index (χ0n) is 10.0. The molecular formula is C12H16BrClN2O. The van der Waals surface area contributed by atoms with Gasteiger partial charge >= 0.3 is 0 Å². The molecule has 0 saturated carbocycles. The zero-order chi connectivity index (χ0) is 12.4. The molecule has 94 valence electrons. The summed E-state index contributed by atoms with van der Waals surface area (Å²) in [5.41, 5.74) is 0.985. The van der Waals surface area contributed by atoms with Crippen LogP contribution in [0.3, 0.4) is 0 Å². The Morgan fingerprint density at radius 2 is 2.24 bits per heavy atom. The number of halogens is 2. The Kier molecular flexibility index (Phi) is 4.39. The maximum absolute atomic E-state index is 6.12. The molecule has 1 aliphatic heterocycles. The van der Waals surface area contributed by atoms with Crippen molar-refractivity contribution in [2.24, 2.45) is 5.92 Å². The highest BCUT2D eigenvalue weighted by molar-refractivity contribution is 9.10. The summed E-state index contributed by atoms with van der Waals surface area (Å²) in [5.74, 6) is 1.70. The normalized spacial score (nSPS) is 20.2. The molecule has 0 N–H and O–H groups in total. The molecule has 0 spiro atoms. The average molecular weight is 320 g/mol. The Labute approximate surface area is 115 Å². The van der Waals surface area contributed by atoms with Crippen molar-refractivity contribution in [1.82, 2.24) is 9.97 Å². The second kappa shape index (κ2) is 5.63. The van der Waals surface area contributed by atoms with Crippen LogP contribution in [-0.2, 0) is 11.2 Å². The second-order valence-electron chi connectivity index (χ2n) is 4.72. The fourth-order valence-electron chi connectivity index (χ4n) is 1.96. The molecule has 17 heavy (non-hydrogen) atoms. The first-order chi connectivity index (χ1) is 8.08. The van der Waals surface area contributed by atoms with E-state index in [1.165, 1.54) is 0 Å². The molecule has 1 aliphatic rings. The molecule has 1 aromatic heterocycles. The largest absolute Gasteiger partial charge is 0.381 e. The summed E-state index contributed by atoms with van der Waals surface area (Å²) in [5, 5.41) is 0.512. The van der Waals surface area contributed by atoms with Gasteiger partial charge in [-0.25, -0.2) is 9.97 Å². The highest BCUT2D eigenvalue weighted by atomic mass is 79.9. The number of ether oxygens (including phenoxy) is 1. The predicted octanol–water partition coefficient (Wildman–Crippen LogP) is 3.59. The molecule has 2 rings (SSSR count). The van der Waals surface area contributed by atoms with Crippen molar-refractivity contribution in [2.45, 2.75) is 32.6 Å². The quantitative estimate of drug-likeness (QED) is 0.799. The molecule has 2 heterocycles. The van der Waals surface area contributed by atoms with Gasteiger partial charge in [-0.15, -0.1) is 0 Å². The third-order valence-electron chi connectivity index (χ3n) is 2.92. The lowest BCUT2D eigenvalue weighted by Crippen LogP contribution is -2.10. The van der Waals surface area contributed by atoms with E-state index in [0.717, 1.165) is 42.0 Å². The minimum absolute atomic E-state index is 0.337. The summed E-state index contributed by atoms with van der Waals surface area (Å²) < 4.78 is 6.18. The second-order valence-corrected chi connectivity index (χ2v) is 5.87. The summed E-state index contributed by atoms with van der Waals surface area (Å²) >= 11 is 9.57. The smallest absolute Gasteiger partial charge is 0.147 e. The van der Waals surface area contributed by atoms with Crippen molar-refractivity contribution in [3.05, 3.63) is 21.1 Å². The standard InChI is InChI=1S/C12H16BrClN2O/c1-7(2)11-10(13)12(14)16-9(15-11)5-8-3-4-17-6-8/h7-8H,3-6H2,1-2H3. The molecule has 0 aliphatic carbocycles. The van der Waals surface area contributed by atoms with Crippen LogP contribution < -0.4 is 0 Å². The zero-order valence-corrected chi connectivity index (χ0v) is 12.4. The van der Waals surface area contributed by atoms with E-state index >= 15 is 0 Å². The Bertz CT molecular complexity index is 406. The highest BCUT2D eigenvalue weighted by Crippen LogP contribution is 2.29. The third kappa shape index (κ3) is 3.18. The van der Waals surface area contributed by atoms with Gasteiger partial charge in [-0.3, -0.25) is 0 Å². The topological polar surface area (TPSA) is 35.0 Å². The van der Waals surface area contributed by atoms with Gasteiger partial charge in [-0.1, -0.05) is 25.4 Å². The van der Waals surface area contributed by atoms with E-state index in [-0.39, 0.29) is 0 Å². The van der Waals surface area contributed by atoms with Crippen molar-refractivity contribution in [2.75, 3.05) is 13.2 Å². The van der Waals surface area contributed by atoms with Crippen molar-refractivity contribution in [3.8, 4) is 0 Å². The first-order valence-electron chi connectivity index (χ1n) is 5.87. The van der Waals surface area contributed by atoms with E-state index in [2.05, 4.69) is 39.7 Å². The van der Waals surface area contributed by atoms with E-state index in [0.29, 0.717) is 17.0 Å². The molecule has 0 amide bonds. The summed E-state index contributed by atoms with van der Waals surface area (Å²) in [4.78, 5) is 8.93. The van der Waals surface area contributed by atoms with Gasteiger partial charge in [0.15, 0.2) is 0 Å². The molecule has 0 radical (unpaired) electrons. The number of hydrogen-bond donors (Lipinski definition) is 0.